The molecule has 0 aliphatic heterocycles. The highest BCUT2D eigenvalue weighted by Crippen LogP contribution is 2.41. The molecule has 0 aliphatic rings. The Kier molecular flexibility index (Phi) is 5.38. The van der Waals surface area contributed by atoms with Gasteiger partial charge in [-0.3, -0.25) is 4.79 Å². The van der Waals surface area contributed by atoms with Crippen LogP contribution < -0.4 is 4.74 Å². The van der Waals surface area contributed by atoms with Gasteiger partial charge in [-0.05, 0) is 49.2 Å². The zero-order valence-corrected chi connectivity index (χ0v) is 17.9. The normalized spacial score (nSPS) is 13.1. The van der Waals surface area contributed by atoms with Crippen LogP contribution >= 0.6 is 0 Å². The number of nitriles is 1. The van der Waals surface area contributed by atoms with Crippen molar-refractivity contribution >= 4 is 27.9 Å². The number of aromatic nitrogens is 3. The van der Waals surface area contributed by atoms with Gasteiger partial charge in [0.1, 0.15) is 11.6 Å². The average molecular weight is 416 g/mol. The molecule has 2 N–H and O–H groups in total. The lowest BCUT2D eigenvalue weighted by molar-refractivity contribution is -0.145. The Balaban J connectivity index is 1.93. The first-order chi connectivity index (χ1) is 15.0. The van der Waals surface area contributed by atoms with Crippen LogP contribution in [-0.2, 0) is 9.53 Å². The van der Waals surface area contributed by atoms with E-state index in [0.29, 0.717) is 23.3 Å². The number of imidazole rings is 1. The van der Waals surface area contributed by atoms with Gasteiger partial charge in [-0.25, -0.2) is 4.98 Å². The first-order valence-electron chi connectivity index (χ1n) is 10.1. The number of hydrogen-bond acceptors (Lipinski definition) is 5. The number of aryl methyl sites for hydroxylation is 1. The van der Waals surface area contributed by atoms with E-state index in [1.165, 1.54) is 7.11 Å². The van der Waals surface area contributed by atoms with Crippen LogP contribution in [0.1, 0.15) is 41.8 Å². The molecule has 4 rings (SSSR count). The summed E-state index contributed by atoms with van der Waals surface area (Å²) in [5.41, 5.74) is 5.14. The highest BCUT2D eigenvalue weighted by Gasteiger charge is 2.29. The van der Waals surface area contributed by atoms with Gasteiger partial charge >= 0.3 is 5.97 Å². The van der Waals surface area contributed by atoms with Crippen molar-refractivity contribution in [3.63, 3.8) is 0 Å². The molecule has 0 radical (unpaired) electrons. The number of esters is 1. The third-order valence-corrected chi connectivity index (χ3v) is 5.77. The standard InChI is InChI=1S/C24H24N4O3/c1-13-10-20(30-3)21(16-7-8-26-22(13)16)17(9-14(2)24(29)31-4)23-27-18-6-5-15(12-25)11-19(18)28-23/h5-8,10-11,14,17,26H,9H2,1-4H3,(H,27,28). The molecule has 2 aromatic carbocycles. The van der Waals surface area contributed by atoms with Crippen molar-refractivity contribution in [3.8, 4) is 11.8 Å². The quantitative estimate of drug-likeness (QED) is 0.448. The van der Waals surface area contributed by atoms with Crippen molar-refractivity contribution in [2.24, 2.45) is 5.92 Å². The molecule has 2 atom stereocenters. The number of aromatic amines is 2. The maximum Gasteiger partial charge on any atom is 0.308 e. The molecule has 0 saturated carbocycles. The Morgan fingerprint density at radius 2 is 2.06 bits per heavy atom. The highest BCUT2D eigenvalue weighted by molar-refractivity contribution is 5.89. The molecule has 2 aromatic heterocycles. The fourth-order valence-corrected chi connectivity index (χ4v) is 4.21. The third-order valence-electron chi connectivity index (χ3n) is 5.77. The number of rotatable bonds is 6. The maximum atomic E-state index is 12.3. The number of nitrogens with zero attached hydrogens (tertiary/aromatic N) is 2. The summed E-state index contributed by atoms with van der Waals surface area (Å²) in [4.78, 5) is 23.8. The van der Waals surface area contributed by atoms with E-state index < -0.39 is 0 Å². The monoisotopic (exact) mass is 416 g/mol. The van der Waals surface area contributed by atoms with Gasteiger partial charge in [-0.2, -0.15) is 5.26 Å². The number of carbonyl (C=O) groups is 1. The fourth-order valence-electron chi connectivity index (χ4n) is 4.21. The predicted molar refractivity (Wildman–Crippen MR) is 118 cm³/mol. The molecule has 0 bridgehead atoms. The molecule has 2 heterocycles. The number of carbonyl (C=O) groups excluding carboxylic acids is 1. The van der Waals surface area contributed by atoms with Gasteiger partial charge in [0.05, 0.1) is 42.8 Å². The highest BCUT2D eigenvalue weighted by atomic mass is 16.5. The topological polar surface area (TPSA) is 104 Å². The molecule has 158 valence electrons. The van der Waals surface area contributed by atoms with Crippen LogP contribution in [0.15, 0.2) is 36.5 Å². The Labute approximate surface area is 180 Å². The van der Waals surface area contributed by atoms with E-state index in [9.17, 15) is 10.1 Å². The lowest BCUT2D eigenvalue weighted by Gasteiger charge is -2.22. The molecule has 4 aromatic rings. The first-order valence-corrected chi connectivity index (χ1v) is 10.1. The second-order valence-electron chi connectivity index (χ2n) is 7.75. The van der Waals surface area contributed by atoms with Crippen molar-refractivity contribution in [2.45, 2.75) is 26.2 Å². The summed E-state index contributed by atoms with van der Waals surface area (Å²) in [6, 6.07) is 11.5. The summed E-state index contributed by atoms with van der Waals surface area (Å²) in [7, 11) is 3.05. The zero-order chi connectivity index (χ0) is 22.1. The number of benzene rings is 2. The maximum absolute atomic E-state index is 12.3. The molecule has 0 amide bonds. The average Bonchev–Trinajstić information content (AvgIpc) is 3.43. The molecule has 0 fully saturated rings. The van der Waals surface area contributed by atoms with E-state index >= 15 is 0 Å². The van der Waals surface area contributed by atoms with E-state index in [1.54, 1.807) is 19.2 Å². The van der Waals surface area contributed by atoms with Gasteiger partial charge < -0.3 is 19.4 Å². The smallest absolute Gasteiger partial charge is 0.308 e. The lowest BCUT2D eigenvalue weighted by Crippen LogP contribution is -2.18. The number of nitrogens with one attached hydrogen (secondary N) is 2. The molecule has 7 nitrogen and oxygen atoms in total. The van der Waals surface area contributed by atoms with Crippen LogP contribution in [0.4, 0.5) is 0 Å². The van der Waals surface area contributed by atoms with Gasteiger partial charge in [0.2, 0.25) is 0 Å². The third kappa shape index (κ3) is 3.61. The van der Waals surface area contributed by atoms with Crippen molar-refractivity contribution < 1.29 is 14.3 Å². The molecule has 0 saturated heterocycles. The first kappa shape index (κ1) is 20.5. The van der Waals surface area contributed by atoms with Crippen molar-refractivity contribution in [1.29, 1.82) is 5.26 Å². The largest absolute Gasteiger partial charge is 0.496 e. The van der Waals surface area contributed by atoms with E-state index in [0.717, 1.165) is 33.3 Å². The number of fused-ring (bicyclic) bond motifs is 2. The summed E-state index contributed by atoms with van der Waals surface area (Å²) in [6.45, 7) is 3.88. The summed E-state index contributed by atoms with van der Waals surface area (Å²) in [5.74, 6) is 0.582. The van der Waals surface area contributed by atoms with Crippen molar-refractivity contribution in [2.75, 3.05) is 14.2 Å². The van der Waals surface area contributed by atoms with E-state index in [1.807, 2.05) is 38.2 Å². The van der Waals surface area contributed by atoms with Crippen LogP contribution in [0.5, 0.6) is 5.75 Å². The molecule has 2 unspecified atom stereocenters. The Morgan fingerprint density at radius 3 is 2.77 bits per heavy atom. The van der Waals surface area contributed by atoms with Crippen LogP contribution in [0, 0.1) is 24.2 Å². The molecule has 0 spiro atoms. The second-order valence-corrected chi connectivity index (χ2v) is 7.75. The predicted octanol–water partition coefficient (Wildman–Crippen LogP) is 4.56. The van der Waals surface area contributed by atoms with E-state index in [4.69, 9.17) is 14.5 Å². The SMILES string of the molecule is COC(=O)C(C)CC(c1nc2cc(C#N)ccc2[nH]1)c1c(OC)cc(C)c2[nH]ccc12. The van der Waals surface area contributed by atoms with Gasteiger partial charge in [0.15, 0.2) is 0 Å². The van der Waals surface area contributed by atoms with Crippen molar-refractivity contribution in [1.82, 2.24) is 15.0 Å². The van der Waals surface area contributed by atoms with Crippen LogP contribution in [0.2, 0.25) is 0 Å². The number of methoxy groups -OCH3 is 2. The Hall–Kier alpha value is -3.79. The number of hydrogen-bond donors (Lipinski definition) is 2. The van der Waals surface area contributed by atoms with Crippen molar-refractivity contribution in [3.05, 3.63) is 59.0 Å². The van der Waals surface area contributed by atoms with Crippen LogP contribution in [0.25, 0.3) is 21.9 Å². The molecular weight excluding hydrogens is 392 g/mol. The Bertz CT molecular complexity index is 1310. The van der Waals surface area contributed by atoms with Gasteiger partial charge in [-0.1, -0.05) is 6.92 Å². The zero-order valence-electron chi connectivity index (χ0n) is 17.9. The second kappa shape index (κ2) is 8.15. The molecule has 0 aliphatic carbocycles. The minimum absolute atomic E-state index is 0.249. The molecular formula is C24H24N4O3. The van der Waals surface area contributed by atoms with Crippen LogP contribution in [-0.4, -0.2) is 35.1 Å². The minimum atomic E-state index is -0.349. The minimum Gasteiger partial charge on any atom is -0.496 e. The fraction of sp³-hybridized carbons (Fsp3) is 0.292. The molecule has 31 heavy (non-hydrogen) atoms. The summed E-state index contributed by atoms with van der Waals surface area (Å²) < 4.78 is 10.7. The van der Waals surface area contributed by atoms with E-state index in [2.05, 4.69) is 16.0 Å². The summed E-state index contributed by atoms with van der Waals surface area (Å²) >= 11 is 0. The lowest BCUT2D eigenvalue weighted by atomic mass is 9.85. The number of H-pyrrole nitrogens is 2. The number of ether oxygens (including phenoxy) is 2. The van der Waals surface area contributed by atoms with Gasteiger partial charge in [0, 0.05) is 28.6 Å². The summed E-state index contributed by atoms with van der Waals surface area (Å²) in [5, 5.41) is 10.3. The summed E-state index contributed by atoms with van der Waals surface area (Å²) in [6.07, 6.45) is 2.39. The van der Waals surface area contributed by atoms with Gasteiger partial charge in [-0.15, -0.1) is 0 Å². The van der Waals surface area contributed by atoms with Crippen LogP contribution in [0.3, 0.4) is 0 Å². The molecule has 7 heteroatoms. The van der Waals surface area contributed by atoms with E-state index in [-0.39, 0.29) is 17.8 Å². The Morgan fingerprint density at radius 1 is 1.26 bits per heavy atom. The van der Waals surface area contributed by atoms with Gasteiger partial charge in [0.25, 0.3) is 0 Å².